The van der Waals surface area contributed by atoms with Crippen LogP contribution in [0.4, 0.5) is 0 Å². The van der Waals surface area contributed by atoms with Crippen molar-refractivity contribution < 1.29 is 0 Å². The predicted molar refractivity (Wildman–Crippen MR) is 70.9 cm³/mol. The van der Waals surface area contributed by atoms with Crippen LogP contribution in [-0.4, -0.2) is 18.1 Å². The normalized spacial score (nSPS) is 27.9. The minimum absolute atomic E-state index is 0.450. The molecule has 3 N–H and O–H groups in total. The Morgan fingerprint density at radius 3 is 2.81 bits per heavy atom. The van der Waals surface area contributed by atoms with Crippen LogP contribution in [0.3, 0.4) is 0 Å². The standard InChI is InChI=1S/C13H22N2S/c1-10(9-13-3-2-8-16-13)15-12-6-4-11(14)5-7-12/h2-3,8,10-12,15H,4-7,9,14H2,1H3. The third-order valence-corrected chi connectivity index (χ3v) is 4.28. The van der Waals surface area contributed by atoms with Crippen LogP contribution < -0.4 is 11.1 Å². The molecule has 1 fully saturated rings. The maximum Gasteiger partial charge on any atom is 0.00896 e. The van der Waals surface area contributed by atoms with Crippen LogP contribution in [0.2, 0.25) is 0 Å². The van der Waals surface area contributed by atoms with E-state index in [2.05, 4.69) is 29.8 Å². The lowest BCUT2D eigenvalue weighted by molar-refractivity contribution is 0.320. The Balaban J connectivity index is 1.72. The van der Waals surface area contributed by atoms with Gasteiger partial charge in [0.2, 0.25) is 0 Å². The zero-order valence-corrected chi connectivity index (χ0v) is 10.8. The zero-order chi connectivity index (χ0) is 11.4. The Bertz CT molecular complexity index is 289. The Morgan fingerprint density at radius 1 is 1.44 bits per heavy atom. The van der Waals surface area contributed by atoms with Crippen LogP contribution in [0, 0.1) is 0 Å². The molecule has 1 atom stereocenters. The molecule has 0 bridgehead atoms. The lowest BCUT2D eigenvalue weighted by Crippen LogP contribution is -2.42. The van der Waals surface area contributed by atoms with Crippen LogP contribution in [0.5, 0.6) is 0 Å². The second-order valence-corrected chi connectivity index (χ2v) is 6.00. The predicted octanol–water partition coefficient (Wildman–Crippen LogP) is 2.54. The average Bonchev–Trinajstić information content (AvgIpc) is 2.74. The molecule has 1 aromatic rings. The van der Waals surface area contributed by atoms with Gasteiger partial charge >= 0.3 is 0 Å². The summed E-state index contributed by atoms with van der Waals surface area (Å²) in [6.45, 7) is 2.29. The van der Waals surface area contributed by atoms with Crippen molar-refractivity contribution in [2.75, 3.05) is 0 Å². The van der Waals surface area contributed by atoms with Gasteiger partial charge in [-0.2, -0.15) is 0 Å². The van der Waals surface area contributed by atoms with Crippen molar-refractivity contribution in [2.45, 2.75) is 57.2 Å². The molecule has 0 spiro atoms. The molecule has 3 heteroatoms. The first-order valence-corrected chi connectivity index (χ1v) is 7.16. The van der Waals surface area contributed by atoms with Gasteiger partial charge in [0.1, 0.15) is 0 Å². The molecule has 1 aliphatic carbocycles. The minimum Gasteiger partial charge on any atom is -0.328 e. The summed E-state index contributed by atoms with van der Waals surface area (Å²) < 4.78 is 0. The van der Waals surface area contributed by atoms with Gasteiger partial charge in [-0.15, -0.1) is 11.3 Å². The van der Waals surface area contributed by atoms with E-state index in [1.54, 1.807) is 0 Å². The van der Waals surface area contributed by atoms with Gasteiger partial charge in [0.25, 0.3) is 0 Å². The van der Waals surface area contributed by atoms with Crippen LogP contribution in [0.1, 0.15) is 37.5 Å². The molecule has 2 nitrogen and oxygen atoms in total. The van der Waals surface area contributed by atoms with E-state index in [0.717, 1.165) is 6.42 Å². The van der Waals surface area contributed by atoms with Crippen LogP contribution in [0.15, 0.2) is 17.5 Å². The fourth-order valence-corrected chi connectivity index (χ4v) is 3.31. The van der Waals surface area contributed by atoms with Crippen molar-refractivity contribution in [3.8, 4) is 0 Å². The number of thiophene rings is 1. The number of rotatable bonds is 4. The Labute approximate surface area is 102 Å². The van der Waals surface area contributed by atoms with Gasteiger partial charge in [0.05, 0.1) is 0 Å². The summed E-state index contributed by atoms with van der Waals surface area (Å²) in [6.07, 6.45) is 6.01. The summed E-state index contributed by atoms with van der Waals surface area (Å²) in [6, 6.07) is 6.07. The third kappa shape index (κ3) is 3.58. The Hall–Kier alpha value is -0.380. The molecule has 0 radical (unpaired) electrons. The molecule has 1 heterocycles. The highest BCUT2D eigenvalue weighted by atomic mass is 32.1. The quantitative estimate of drug-likeness (QED) is 0.846. The molecule has 0 aromatic carbocycles. The highest BCUT2D eigenvalue weighted by Crippen LogP contribution is 2.18. The summed E-state index contributed by atoms with van der Waals surface area (Å²) in [7, 11) is 0. The zero-order valence-electron chi connectivity index (χ0n) is 9.99. The fraction of sp³-hybridized carbons (Fsp3) is 0.692. The monoisotopic (exact) mass is 238 g/mol. The Kier molecular flexibility index (Phi) is 4.38. The molecule has 90 valence electrons. The van der Waals surface area contributed by atoms with Gasteiger partial charge in [-0.3, -0.25) is 0 Å². The molecule has 0 saturated heterocycles. The van der Waals surface area contributed by atoms with Crippen LogP contribution in [-0.2, 0) is 6.42 Å². The molecular formula is C13H22N2S. The molecule has 1 unspecified atom stereocenters. The lowest BCUT2D eigenvalue weighted by atomic mass is 9.91. The molecular weight excluding hydrogens is 216 g/mol. The number of hydrogen-bond acceptors (Lipinski definition) is 3. The van der Waals surface area contributed by atoms with Crippen molar-refractivity contribution in [3.63, 3.8) is 0 Å². The van der Waals surface area contributed by atoms with Gasteiger partial charge in [-0.1, -0.05) is 6.07 Å². The van der Waals surface area contributed by atoms with Gasteiger partial charge in [0.15, 0.2) is 0 Å². The minimum atomic E-state index is 0.450. The number of nitrogens with two attached hydrogens (primary N) is 1. The van der Waals surface area contributed by atoms with Gasteiger partial charge in [-0.25, -0.2) is 0 Å². The summed E-state index contributed by atoms with van der Waals surface area (Å²) in [4.78, 5) is 1.48. The van der Waals surface area contributed by atoms with Crippen molar-refractivity contribution in [3.05, 3.63) is 22.4 Å². The topological polar surface area (TPSA) is 38.0 Å². The first kappa shape index (κ1) is 12.1. The molecule has 2 rings (SSSR count). The lowest BCUT2D eigenvalue weighted by Gasteiger charge is -2.29. The maximum atomic E-state index is 5.91. The fourth-order valence-electron chi connectivity index (χ4n) is 2.48. The SMILES string of the molecule is CC(Cc1cccs1)NC1CCC(N)CC1. The first-order valence-electron chi connectivity index (χ1n) is 6.28. The number of hydrogen-bond donors (Lipinski definition) is 2. The largest absolute Gasteiger partial charge is 0.328 e. The summed E-state index contributed by atoms with van der Waals surface area (Å²) in [5, 5.41) is 5.88. The molecule has 0 amide bonds. The highest BCUT2D eigenvalue weighted by Gasteiger charge is 2.19. The molecule has 1 aliphatic rings. The summed E-state index contributed by atoms with van der Waals surface area (Å²) in [5.74, 6) is 0. The van der Waals surface area contributed by atoms with E-state index in [4.69, 9.17) is 5.73 Å². The van der Waals surface area contributed by atoms with Gasteiger partial charge in [0, 0.05) is 23.0 Å². The second kappa shape index (κ2) is 5.80. The van der Waals surface area contributed by atoms with Gasteiger partial charge < -0.3 is 11.1 Å². The van der Waals surface area contributed by atoms with E-state index in [1.165, 1.54) is 30.6 Å². The van der Waals surface area contributed by atoms with E-state index >= 15 is 0 Å². The van der Waals surface area contributed by atoms with Crippen molar-refractivity contribution in [2.24, 2.45) is 5.73 Å². The van der Waals surface area contributed by atoms with E-state index in [9.17, 15) is 0 Å². The Morgan fingerprint density at radius 2 is 2.19 bits per heavy atom. The van der Waals surface area contributed by atoms with E-state index in [0.29, 0.717) is 18.1 Å². The second-order valence-electron chi connectivity index (χ2n) is 4.96. The molecule has 1 saturated carbocycles. The van der Waals surface area contributed by atoms with E-state index < -0.39 is 0 Å². The van der Waals surface area contributed by atoms with Gasteiger partial charge in [-0.05, 0) is 50.5 Å². The van der Waals surface area contributed by atoms with E-state index in [-0.39, 0.29) is 0 Å². The number of nitrogens with one attached hydrogen (secondary N) is 1. The molecule has 0 aliphatic heterocycles. The summed E-state index contributed by atoms with van der Waals surface area (Å²) in [5.41, 5.74) is 5.91. The molecule has 1 aromatic heterocycles. The summed E-state index contributed by atoms with van der Waals surface area (Å²) >= 11 is 1.85. The van der Waals surface area contributed by atoms with Crippen LogP contribution in [0.25, 0.3) is 0 Å². The van der Waals surface area contributed by atoms with Crippen LogP contribution >= 0.6 is 11.3 Å². The smallest absolute Gasteiger partial charge is 0.00896 e. The maximum absolute atomic E-state index is 5.91. The first-order chi connectivity index (χ1) is 7.74. The van der Waals surface area contributed by atoms with Crippen molar-refractivity contribution in [1.29, 1.82) is 0 Å². The molecule has 16 heavy (non-hydrogen) atoms. The van der Waals surface area contributed by atoms with E-state index in [1.807, 2.05) is 11.3 Å². The van der Waals surface area contributed by atoms with Crippen molar-refractivity contribution in [1.82, 2.24) is 5.32 Å². The van der Waals surface area contributed by atoms with Crippen molar-refractivity contribution >= 4 is 11.3 Å². The average molecular weight is 238 g/mol. The third-order valence-electron chi connectivity index (χ3n) is 3.38. The highest BCUT2D eigenvalue weighted by molar-refractivity contribution is 7.09.